The Morgan fingerprint density at radius 1 is 0.900 bits per heavy atom. The zero-order valence-electron chi connectivity index (χ0n) is 17.8. The molecule has 4 nitrogen and oxygen atoms in total. The molecule has 3 aromatic rings. The molecular formula is C26H29NO3. The van der Waals surface area contributed by atoms with E-state index < -0.39 is 5.60 Å². The SMILES string of the molecule is COC1c2cc(NCc3ccccc3)ccc2OC(C)(C)C1OCc1ccccc1. The summed E-state index contributed by atoms with van der Waals surface area (Å²) in [6.07, 6.45) is -0.453. The fraction of sp³-hybridized carbons (Fsp3) is 0.308. The van der Waals surface area contributed by atoms with Gasteiger partial charge >= 0.3 is 0 Å². The molecule has 0 aromatic heterocycles. The lowest BCUT2D eigenvalue weighted by Crippen LogP contribution is -2.50. The topological polar surface area (TPSA) is 39.7 Å². The summed E-state index contributed by atoms with van der Waals surface area (Å²) in [5.41, 5.74) is 3.89. The molecule has 3 aromatic carbocycles. The Labute approximate surface area is 178 Å². The van der Waals surface area contributed by atoms with Gasteiger partial charge in [0.05, 0.1) is 6.61 Å². The molecule has 30 heavy (non-hydrogen) atoms. The summed E-state index contributed by atoms with van der Waals surface area (Å²) in [7, 11) is 1.73. The van der Waals surface area contributed by atoms with Crippen LogP contribution in [0.4, 0.5) is 5.69 Å². The molecule has 1 heterocycles. The van der Waals surface area contributed by atoms with Crippen molar-refractivity contribution in [2.45, 2.75) is 44.8 Å². The highest BCUT2D eigenvalue weighted by Gasteiger charge is 2.45. The first-order valence-corrected chi connectivity index (χ1v) is 10.4. The standard InChI is InChI=1S/C26H29NO3/c1-26(2)25(29-18-20-12-8-5-9-13-20)24(28-3)22-16-21(14-15-23(22)30-26)27-17-19-10-6-4-7-11-19/h4-16,24-25,27H,17-18H2,1-3H3. The van der Waals surface area contributed by atoms with E-state index in [2.05, 4.69) is 67.7 Å². The third-order valence-corrected chi connectivity index (χ3v) is 5.52. The number of rotatable bonds is 7. The number of nitrogens with one attached hydrogen (secondary N) is 1. The molecule has 156 valence electrons. The minimum atomic E-state index is -0.512. The quantitative estimate of drug-likeness (QED) is 0.546. The fourth-order valence-corrected chi connectivity index (χ4v) is 3.94. The summed E-state index contributed by atoms with van der Waals surface area (Å²) >= 11 is 0. The minimum Gasteiger partial charge on any atom is -0.485 e. The van der Waals surface area contributed by atoms with Gasteiger partial charge in [-0.25, -0.2) is 0 Å². The van der Waals surface area contributed by atoms with Crippen molar-refractivity contribution >= 4 is 5.69 Å². The summed E-state index contributed by atoms with van der Waals surface area (Å²) in [4.78, 5) is 0. The van der Waals surface area contributed by atoms with Crippen LogP contribution < -0.4 is 10.1 Å². The normalized spacial score (nSPS) is 19.6. The molecule has 0 aliphatic carbocycles. The monoisotopic (exact) mass is 403 g/mol. The van der Waals surface area contributed by atoms with Crippen molar-refractivity contribution in [1.29, 1.82) is 0 Å². The Hall–Kier alpha value is -2.82. The van der Waals surface area contributed by atoms with Crippen molar-refractivity contribution in [2.24, 2.45) is 0 Å². The second-order valence-corrected chi connectivity index (χ2v) is 8.17. The summed E-state index contributed by atoms with van der Waals surface area (Å²) < 4.78 is 18.6. The maximum atomic E-state index is 6.34. The van der Waals surface area contributed by atoms with E-state index in [-0.39, 0.29) is 12.2 Å². The number of benzene rings is 3. The maximum absolute atomic E-state index is 6.34. The van der Waals surface area contributed by atoms with Crippen molar-refractivity contribution in [3.05, 3.63) is 95.6 Å². The number of anilines is 1. The second-order valence-electron chi connectivity index (χ2n) is 8.17. The number of hydrogen-bond acceptors (Lipinski definition) is 4. The highest BCUT2D eigenvalue weighted by Crippen LogP contribution is 2.44. The smallest absolute Gasteiger partial charge is 0.132 e. The van der Waals surface area contributed by atoms with E-state index in [1.807, 2.05) is 30.3 Å². The van der Waals surface area contributed by atoms with Gasteiger partial charge in [-0.2, -0.15) is 0 Å². The molecule has 0 fully saturated rings. The highest BCUT2D eigenvalue weighted by atomic mass is 16.6. The molecule has 0 bridgehead atoms. The van der Waals surface area contributed by atoms with E-state index in [1.165, 1.54) is 5.56 Å². The molecule has 4 rings (SSSR count). The first-order valence-electron chi connectivity index (χ1n) is 10.4. The molecular weight excluding hydrogens is 374 g/mol. The van der Waals surface area contributed by atoms with Crippen LogP contribution in [-0.4, -0.2) is 18.8 Å². The van der Waals surface area contributed by atoms with Gasteiger partial charge in [-0.3, -0.25) is 0 Å². The molecule has 0 saturated heterocycles. The van der Waals surface area contributed by atoms with Crippen molar-refractivity contribution in [2.75, 3.05) is 12.4 Å². The van der Waals surface area contributed by atoms with E-state index in [1.54, 1.807) is 7.11 Å². The van der Waals surface area contributed by atoms with Gasteiger partial charge in [-0.05, 0) is 43.2 Å². The Morgan fingerprint density at radius 2 is 1.57 bits per heavy atom. The van der Waals surface area contributed by atoms with Crippen molar-refractivity contribution in [3.63, 3.8) is 0 Å². The Balaban J connectivity index is 1.54. The van der Waals surface area contributed by atoms with Crippen LogP contribution in [0.5, 0.6) is 5.75 Å². The number of methoxy groups -OCH3 is 1. The van der Waals surface area contributed by atoms with E-state index in [0.29, 0.717) is 6.61 Å². The van der Waals surface area contributed by atoms with Crippen LogP contribution in [-0.2, 0) is 22.6 Å². The average molecular weight is 404 g/mol. The predicted molar refractivity (Wildman–Crippen MR) is 120 cm³/mol. The van der Waals surface area contributed by atoms with Gasteiger partial charge in [-0.1, -0.05) is 60.7 Å². The zero-order chi connectivity index (χ0) is 21.0. The van der Waals surface area contributed by atoms with Crippen LogP contribution in [0, 0.1) is 0 Å². The van der Waals surface area contributed by atoms with Crippen LogP contribution in [0.3, 0.4) is 0 Å². The summed E-state index contributed by atoms with van der Waals surface area (Å²) in [5, 5.41) is 3.50. The lowest BCUT2D eigenvalue weighted by Gasteiger charge is -2.44. The molecule has 2 atom stereocenters. The van der Waals surface area contributed by atoms with Gasteiger partial charge < -0.3 is 19.5 Å². The first-order chi connectivity index (χ1) is 14.6. The molecule has 2 unspecified atom stereocenters. The van der Waals surface area contributed by atoms with Crippen LogP contribution >= 0.6 is 0 Å². The molecule has 4 heteroatoms. The van der Waals surface area contributed by atoms with Crippen molar-refractivity contribution < 1.29 is 14.2 Å². The lowest BCUT2D eigenvalue weighted by molar-refractivity contribution is -0.159. The molecule has 0 spiro atoms. The first kappa shape index (κ1) is 20.5. The lowest BCUT2D eigenvalue weighted by atomic mass is 9.88. The largest absolute Gasteiger partial charge is 0.485 e. The molecule has 1 aliphatic heterocycles. The van der Waals surface area contributed by atoms with Crippen LogP contribution in [0.25, 0.3) is 0 Å². The number of hydrogen-bond donors (Lipinski definition) is 1. The van der Waals surface area contributed by atoms with Crippen molar-refractivity contribution in [3.8, 4) is 5.75 Å². The van der Waals surface area contributed by atoms with E-state index in [0.717, 1.165) is 29.1 Å². The molecule has 0 radical (unpaired) electrons. The number of fused-ring (bicyclic) bond motifs is 1. The van der Waals surface area contributed by atoms with Gasteiger partial charge in [0.25, 0.3) is 0 Å². The third kappa shape index (κ3) is 4.50. The van der Waals surface area contributed by atoms with Gasteiger partial charge in [0.2, 0.25) is 0 Å². The van der Waals surface area contributed by atoms with Crippen LogP contribution in [0.2, 0.25) is 0 Å². The fourth-order valence-electron chi connectivity index (χ4n) is 3.94. The van der Waals surface area contributed by atoms with Crippen LogP contribution in [0.1, 0.15) is 36.6 Å². The highest BCUT2D eigenvalue weighted by molar-refractivity contribution is 5.53. The van der Waals surface area contributed by atoms with Gasteiger partial charge in [0.1, 0.15) is 23.6 Å². The second kappa shape index (κ2) is 8.90. The van der Waals surface area contributed by atoms with Gasteiger partial charge in [0, 0.05) is 24.9 Å². The Kier molecular flexibility index (Phi) is 6.07. The van der Waals surface area contributed by atoms with E-state index in [4.69, 9.17) is 14.2 Å². The predicted octanol–water partition coefficient (Wildman–Crippen LogP) is 5.74. The van der Waals surface area contributed by atoms with E-state index in [9.17, 15) is 0 Å². The summed E-state index contributed by atoms with van der Waals surface area (Å²) in [5.74, 6) is 0.844. The van der Waals surface area contributed by atoms with Crippen molar-refractivity contribution in [1.82, 2.24) is 0 Å². The average Bonchev–Trinajstić information content (AvgIpc) is 2.77. The zero-order valence-corrected chi connectivity index (χ0v) is 17.8. The van der Waals surface area contributed by atoms with Crippen LogP contribution in [0.15, 0.2) is 78.9 Å². The molecule has 1 N–H and O–H groups in total. The minimum absolute atomic E-state index is 0.217. The van der Waals surface area contributed by atoms with Gasteiger partial charge in [-0.15, -0.1) is 0 Å². The molecule has 0 saturated carbocycles. The Morgan fingerprint density at radius 3 is 2.23 bits per heavy atom. The molecule has 1 aliphatic rings. The Bertz CT molecular complexity index is 957. The van der Waals surface area contributed by atoms with E-state index >= 15 is 0 Å². The molecule has 0 amide bonds. The summed E-state index contributed by atoms with van der Waals surface area (Å²) in [6.45, 7) is 5.38. The number of ether oxygens (including phenoxy) is 3. The maximum Gasteiger partial charge on any atom is 0.132 e. The third-order valence-electron chi connectivity index (χ3n) is 5.52. The van der Waals surface area contributed by atoms with Gasteiger partial charge in [0.15, 0.2) is 0 Å². The summed E-state index contributed by atoms with van der Waals surface area (Å²) in [6, 6.07) is 26.7.